The van der Waals surface area contributed by atoms with Crippen molar-refractivity contribution in [3.05, 3.63) is 108 Å². The van der Waals surface area contributed by atoms with Crippen molar-refractivity contribution < 1.29 is 14.3 Å². The summed E-state index contributed by atoms with van der Waals surface area (Å²) in [6.45, 7) is 2.39. The number of Topliss-reactive ketones (excluding diaryl/α,β-unsaturated/α-hetero) is 1. The Kier molecular flexibility index (Phi) is 7.97. The third-order valence-electron chi connectivity index (χ3n) is 6.41. The molecule has 170 valence electrons. The van der Waals surface area contributed by atoms with Crippen molar-refractivity contribution >= 4 is 5.78 Å². The van der Waals surface area contributed by atoms with E-state index in [0.29, 0.717) is 35.3 Å². The summed E-state index contributed by atoms with van der Waals surface area (Å²) in [7, 11) is 0. The molecule has 1 aliphatic rings. The standard InChI is InChI=1S/C30H32O3/c1-2-23(20-28(31)26-18-19-29-30(21-26)33-22-32-29)12-6-3-11-17-27(24-13-7-4-8-14-24)25-15-9-5-10-16-25/h3-10,13-16,18-19,21,23,27H,2,11-12,17,20,22H2,1H3/b6-3+. The molecule has 0 aromatic heterocycles. The quantitative estimate of drug-likeness (QED) is 0.228. The summed E-state index contributed by atoms with van der Waals surface area (Å²) in [4.78, 5) is 12.8. The zero-order valence-electron chi connectivity index (χ0n) is 19.3. The molecule has 0 saturated heterocycles. The van der Waals surface area contributed by atoms with E-state index >= 15 is 0 Å². The summed E-state index contributed by atoms with van der Waals surface area (Å²) < 4.78 is 10.8. The van der Waals surface area contributed by atoms with E-state index in [1.807, 2.05) is 12.1 Å². The molecule has 1 aliphatic heterocycles. The normalized spacial score (nSPS) is 13.5. The predicted molar refractivity (Wildman–Crippen MR) is 133 cm³/mol. The second-order valence-corrected chi connectivity index (χ2v) is 8.63. The summed E-state index contributed by atoms with van der Waals surface area (Å²) in [5, 5.41) is 0. The summed E-state index contributed by atoms with van der Waals surface area (Å²) in [5.74, 6) is 2.29. The van der Waals surface area contributed by atoms with Gasteiger partial charge in [-0.3, -0.25) is 4.79 Å². The van der Waals surface area contributed by atoms with Gasteiger partial charge in [0.15, 0.2) is 17.3 Å². The van der Waals surface area contributed by atoms with Crippen LogP contribution >= 0.6 is 0 Å². The van der Waals surface area contributed by atoms with Gasteiger partial charge < -0.3 is 9.47 Å². The number of fused-ring (bicyclic) bond motifs is 1. The van der Waals surface area contributed by atoms with Gasteiger partial charge in [0.25, 0.3) is 0 Å². The van der Waals surface area contributed by atoms with Crippen molar-refractivity contribution in [2.45, 2.75) is 44.9 Å². The van der Waals surface area contributed by atoms with Crippen LogP contribution in [0.25, 0.3) is 0 Å². The number of hydrogen-bond donors (Lipinski definition) is 0. The minimum absolute atomic E-state index is 0.168. The van der Waals surface area contributed by atoms with Gasteiger partial charge in [-0.15, -0.1) is 0 Å². The van der Waals surface area contributed by atoms with Crippen LogP contribution in [0.3, 0.4) is 0 Å². The molecular formula is C30H32O3. The zero-order chi connectivity index (χ0) is 22.9. The number of allylic oxidation sites excluding steroid dienone is 2. The maximum atomic E-state index is 12.8. The fourth-order valence-electron chi connectivity index (χ4n) is 4.41. The summed E-state index contributed by atoms with van der Waals surface area (Å²) in [6, 6.07) is 26.9. The largest absolute Gasteiger partial charge is 0.454 e. The fourth-order valence-corrected chi connectivity index (χ4v) is 4.41. The molecule has 0 amide bonds. The van der Waals surface area contributed by atoms with Crippen molar-refractivity contribution in [3.8, 4) is 11.5 Å². The second kappa shape index (κ2) is 11.5. The lowest BCUT2D eigenvalue weighted by atomic mass is 9.87. The van der Waals surface area contributed by atoms with E-state index in [-0.39, 0.29) is 12.6 Å². The highest BCUT2D eigenvalue weighted by molar-refractivity contribution is 5.96. The minimum atomic E-state index is 0.168. The number of carbonyl (C=O) groups excluding carboxylic acids is 1. The first-order valence-corrected chi connectivity index (χ1v) is 11.9. The van der Waals surface area contributed by atoms with Crippen LogP contribution in [-0.2, 0) is 0 Å². The molecule has 1 heterocycles. The van der Waals surface area contributed by atoms with E-state index in [2.05, 4.69) is 79.7 Å². The Balaban J connectivity index is 1.30. The van der Waals surface area contributed by atoms with E-state index in [9.17, 15) is 4.79 Å². The average molecular weight is 441 g/mol. The van der Waals surface area contributed by atoms with Gasteiger partial charge in [-0.2, -0.15) is 0 Å². The molecule has 0 N–H and O–H groups in total. The zero-order valence-corrected chi connectivity index (χ0v) is 19.3. The van der Waals surface area contributed by atoms with E-state index in [0.717, 1.165) is 25.7 Å². The third-order valence-corrected chi connectivity index (χ3v) is 6.41. The van der Waals surface area contributed by atoms with Crippen LogP contribution in [0.2, 0.25) is 0 Å². The summed E-state index contributed by atoms with van der Waals surface area (Å²) in [5.41, 5.74) is 3.42. The molecule has 3 aromatic carbocycles. The van der Waals surface area contributed by atoms with Crippen molar-refractivity contribution in [2.75, 3.05) is 6.79 Å². The first-order chi connectivity index (χ1) is 16.2. The second-order valence-electron chi connectivity index (χ2n) is 8.63. The van der Waals surface area contributed by atoms with Crippen LogP contribution in [0.15, 0.2) is 91.0 Å². The highest BCUT2D eigenvalue weighted by Gasteiger charge is 2.18. The first kappa shape index (κ1) is 22.8. The number of benzene rings is 3. The molecule has 4 rings (SSSR count). The number of ether oxygens (including phenoxy) is 2. The van der Waals surface area contributed by atoms with Crippen molar-refractivity contribution in [2.24, 2.45) is 5.92 Å². The highest BCUT2D eigenvalue weighted by atomic mass is 16.7. The molecule has 0 saturated carbocycles. The van der Waals surface area contributed by atoms with E-state index in [1.165, 1.54) is 11.1 Å². The molecule has 33 heavy (non-hydrogen) atoms. The van der Waals surface area contributed by atoms with Crippen LogP contribution in [0.1, 0.15) is 66.4 Å². The van der Waals surface area contributed by atoms with Gasteiger partial charge in [0.05, 0.1) is 0 Å². The molecule has 0 spiro atoms. The van der Waals surface area contributed by atoms with Gasteiger partial charge >= 0.3 is 0 Å². The number of carbonyl (C=O) groups is 1. The third kappa shape index (κ3) is 6.13. The number of ketones is 1. The summed E-state index contributed by atoms with van der Waals surface area (Å²) >= 11 is 0. The Morgan fingerprint density at radius 2 is 1.55 bits per heavy atom. The lowest BCUT2D eigenvalue weighted by Crippen LogP contribution is -2.07. The Bertz CT molecular complexity index is 1020. The molecule has 3 nitrogen and oxygen atoms in total. The maximum absolute atomic E-state index is 12.8. The van der Waals surface area contributed by atoms with Crippen LogP contribution in [-0.4, -0.2) is 12.6 Å². The monoisotopic (exact) mass is 440 g/mol. The van der Waals surface area contributed by atoms with Gasteiger partial charge in [0, 0.05) is 17.9 Å². The highest BCUT2D eigenvalue weighted by Crippen LogP contribution is 2.33. The maximum Gasteiger partial charge on any atom is 0.231 e. The van der Waals surface area contributed by atoms with Gasteiger partial charge in [0.1, 0.15) is 0 Å². The SMILES string of the molecule is CCC(C/C=C/CCC(c1ccccc1)c1ccccc1)CC(=O)c1ccc2c(c1)OCO2. The minimum Gasteiger partial charge on any atom is -0.454 e. The van der Waals surface area contributed by atoms with Crippen LogP contribution in [0, 0.1) is 5.92 Å². The lowest BCUT2D eigenvalue weighted by Gasteiger charge is -2.17. The molecule has 3 heteroatoms. The van der Waals surface area contributed by atoms with Gasteiger partial charge in [-0.05, 0) is 54.5 Å². The molecular weight excluding hydrogens is 408 g/mol. The van der Waals surface area contributed by atoms with Crippen LogP contribution in [0.5, 0.6) is 11.5 Å². The molecule has 3 aromatic rings. The molecule has 0 fully saturated rings. The summed E-state index contributed by atoms with van der Waals surface area (Å²) in [6.07, 6.45) is 9.09. The smallest absolute Gasteiger partial charge is 0.231 e. The first-order valence-electron chi connectivity index (χ1n) is 11.9. The van der Waals surface area contributed by atoms with Crippen molar-refractivity contribution in [3.63, 3.8) is 0 Å². The Hall–Kier alpha value is -3.33. The molecule has 0 aliphatic carbocycles. The molecule has 0 bridgehead atoms. The molecule has 0 radical (unpaired) electrons. The van der Waals surface area contributed by atoms with Crippen molar-refractivity contribution in [1.82, 2.24) is 0 Å². The lowest BCUT2D eigenvalue weighted by molar-refractivity contribution is 0.0960. The topological polar surface area (TPSA) is 35.5 Å². The predicted octanol–water partition coefficient (Wildman–Crippen LogP) is 7.57. The Morgan fingerprint density at radius 3 is 2.21 bits per heavy atom. The van der Waals surface area contributed by atoms with E-state index in [1.54, 1.807) is 6.07 Å². The molecule has 1 unspecified atom stereocenters. The van der Waals surface area contributed by atoms with Crippen molar-refractivity contribution in [1.29, 1.82) is 0 Å². The average Bonchev–Trinajstić information content (AvgIpc) is 3.34. The van der Waals surface area contributed by atoms with Gasteiger partial charge in [-0.25, -0.2) is 0 Å². The Morgan fingerprint density at radius 1 is 0.879 bits per heavy atom. The number of hydrogen-bond acceptors (Lipinski definition) is 3. The number of rotatable bonds is 11. The Labute approximate surface area is 197 Å². The van der Waals surface area contributed by atoms with E-state index in [4.69, 9.17) is 9.47 Å². The fraction of sp³-hybridized carbons (Fsp3) is 0.300. The van der Waals surface area contributed by atoms with Gasteiger partial charge in [0.2, 0.25) is 6.79 Å². The van der Waals surface area contributed by atoms with Gasteiger partial charge in [-0.1, -0.05) is 86.2 Å². The molecule has 1 atom stereocenters. The van der Waals surface area contributed by atoms with Crippen LogP contribution < -0.4 is 9.47 Å². The van der Waals surface area contributed by atoms with E-state index < -0.39 is 0 Å². The van der Waals surface area contributed by atoms with Crippen LogP contribution in [0.4, 0.5) is 0 Å².